The first-order chi connectivity index (χ1) is 9.97. The van der Waals surface area contributed by atoms with E-state index < -0.39 is 5.97 Å². The fourth-order valence-corrected chi connectivity index (χ4v) is 3.42. The third-order valence-corrected chi connectivity index (χ3v) is 4.75. The smallest absolute Gasteiger partial charge is 0.303 e. The number of nitrogens with zero attached hydrogens (tertiary/aromatic N) is 1. The molecule has 0 spiro atoms. The SMILES string of the molecule is Cc1ccc(C)c(C(C)N2CCCC(CCC(=O)O)C2)c1. The van der Waals surface area contributed by atoms with Crippen molar-refractivity contribution in [3.8, 4) is 0 Å². The Hall–Kier alpha value is -1.35. The maximum atomic E-state index is 10.7. The summed E-state index contributed by atoms with van der Waals surface area (Å²) < 4.78 is 0. The van der Waals surface area contributed by atoms with E-state index in [0.717, 1.165) is 19.5 Å². The van der Waals surface area contributed by atoms with Gasteiger partial charge in [0.2, 0.25) is 0 Å². The summed E-state index contributed by atoms with van der Waals surface area (Å²) in [5.41, 5.74) is 4.07. The second-order valence-electron chi connectivity index (χ2n) is 6.47. The van der Waals surface area contributed by atoms with Crippen LogP contribution in [0.5, 0.6) is 0 Å². The highest BCUT2D eigenvalue weighted by atomic mass is 16.4. The topological polar surface area (TPSA) is 40.5 Å². The second kappa shape index (κ2) is 7.08. The zero-order valence-corrected chi connectivity index (χ0v) is 13.4. The molecule has 0 bridgehead atoms. The molecule has 3 heteroatoms. The lowest BCUT2D eigenvalue weighted by Gasteiger charge is -2.37. The fraction of sp³-hybridized carbons (Fsp3) is 0.611. The van der Waals surface area contributed by atoms with E-state index >= 15 is 0 Å². The molecule has 116 valence electrons. The van der Waals surface area contributed by atoms with Crippen molar-refractivity contribution in [3.05, 3.63) is 34.9 Å². The van der Waals surface area contributed by atoms with Gasteiger partial charge in [0, 0.05) is 19.0 Å². The van der Waals surface area contributed by atoms with E-state index in [1.165, 1.54) is 29.5 Å². The van der Waals surface area contributed by atoms with Gasteiger partial charge in [0.15, 0.2) is 0 Å². The lowest BCUT2D eigenvalue weighted by molar-refractivity contribution is -0.137. The summed E-state index contributed by atoms with van der Waals surface area (Å²) in [5.74, 6) is -0.142. The molecule has 0 saturated carbocycles. The van der Waals surface area contributed by atoms with Gasteiger partial charge in [0.05, 0.1) is 0 Å². The van der Waals surface area contributed by atoms with E-state index in [2.05, 4.69) is 43.9 Å². The van der Waals surface area contributed by atoms with Gasteiger partial charge in [-0.25, -0.2) is 0 Å². The highest BCUT2D eigenvalue weighted by Crippen LogP contribution is 2.30. The molecule has 1 aromatic carbocycles. The van der Waals surface area contributed by atoms with Crippen molar-refractivity contribution >= 4 is 5.97 Å². The van der Waals surface area contributed by atoms with Crippen molar-refractivity contribution in [1.82, 2.24) is 4.90 Å². The van der Waals surface area contributed by atoms with Gasteiger partial charge in [-0.1, -0.05) is 23.8 Å². The Morgan fingerprint density at radius 3 is 2.90 bits per heavy atom. The molecule has 1 heterocycles. The number of carbonyl (C=O) groups is 1. The summed E-state index contributed by atoms with van der Waals surface area (Å²) in [7, 11) is 0. The highest BCUT2D eigenvalue weighted by Gasteiger charge is 2.25. The van der Waals surface area contributed by atoms with E-state index in [0.29, 0.717) is 18.4 Å². The molecule has 0 aliphatic carbocycles. The Morgan fingerprint density at radius 2 is 2.19 bits per heavy atom. The molecular weight excluding hydrogens is 262 g/mol. The van der Waals surface area contributed by atoms with Crippen LogP contribution in [0.25, 0.3) is 0 Å². The van der Waals surface area contributed by atoms with E-state index in [1.54, 1.807) is 0 Å². The highest BCUT2D eigenvalue weighted by molar-refractivity contribution is 5.66. The number of hydrogen-bond acceptors (Lipinski definition) is 2. The summed E-state index contributed by atoms with van der Waals surface area (Å²) in [5, 5.41) is 8.85. The number of likely N-dealkylation sites (tertiary alicyclic amines) is 1. The normalized spacial score (nSPS) is 21.2. The molecule has 1 saturated heterocycles. The van der Waals surface area contributed by atoms with Gasteiger partial charge in [-0.15, -0.1) is 0 Å². The van der Waals surface area contributed by atoms with Crippen molar-refractivity contribution < 1.29 is 9.90 Å². The molecule has 21 heavy (non-hydrogen) atoms. The Kier molecular flexibility index (Phi) is 5.40. The molecule has 0 aromatic heterocycles. The van der Waals surface area contributed by atoms with Gasteiger partial charge >= 0.3 is 5.97 Å². The Labute approximate surface area is 128 Å². The van der Waals surface area contributed by atoms with E-state index in [1.807, 2.05) is 0 Å². The minimum Gasteiger partial charge on any atom is -0.481 e. The summed E-state index contributed by atoms with van der Waals surface area (Å²) in [6.45, 7) is 8.75. The number of piperidine rings is 1. The van der Waals surface area contributed by atoms with Gasteiger partial charge in [-0.2, -0.15) is 0 Å². The molecule has 3 nitrogen and oxygen atoms in total. The standard InChI is InChI=1S/C18H27NO2/c1-13-6-7-14(2)17(11-13)15(3)19-10-4-5-16(12-19)8-9-18(20)21/h6-7,11,15-16H,4-5,8-10,12H2,1-3H3,(H,20,21). The van der Waals surface area contributed by atoms with Crippen LogP contribution in [-0.2, 0) is 4.79 Å². The summed E-state index contributed by atoms with van der Waals surface area (Å²) in [6.07, 6.45) is 3.46. The van der Waals surface area contributed by atoms with E-state index in [4.69, 9.17) is 5.11 Å². The third-order valence-electron chi connectivity index (χ3n) is 4.75. The molecule has 2 rings (SSSR count). The average molecular weight is 289 g/mol. The van der Waals surface area contributed by atoms with Gasteiger partial charge in [0.25, 0.3) is 0 Å². The lowest BCUT2D eigenvalue weighted by Crippen LogP contribution is -2.37. The molecule has 1 aromatic rings. The van der Waals surface area contributed by atoms with Crippen LogP contribution in [0.3, 0.4) is 0 Å². The summed E-state index contributed by atoms with van der Waals surface area (Å²) in [6, 6.07) is 7.07. The summed E-state index contributed by atoms with van der Waals surface area (Å²) >= 11 is 0. The monoisotopic (exact) mass is 289 g/mol. The predicted octanol–water partition coefficient (Wildman–Crippen LogP) is 3.94. The number of aryl methyl sites for hydroxylation is 2. The fourth-order valence-electron chi connectivity index (χ4n) is 3.42. The van der Waals surface area contributed by atoms with Gasteiger partial charge in [-0.05, 0) is 63.6 Å². The van der Waals surface area contributed by atoms with Crippen molar-refractivity contribution in [2.75, 3.05) is 13.1 Å². The van der Waals surface area contributed by atoms with Crippen molar-refractivity contribution in [2.45, 2.75) is 52.5 Å². The molecule has 1 N–H and O–H groups in total. The van der Waals surface area contributed by atoms with Crippen molar-refractivity contribution in [1.29, 1.82) is 0 Å². The molecule has 0 radical (unpaired) electrons. The van der Waals surface area contributed by atoms with Crippen LogP contribution >= 0.6 is 0 Å². The van der Waals surface area contributed by atoms with Crippen molar-refractivity contribution in [3.63, 3.8) is 0 Å². The van der Waals surface area contributed by atoms with Crippen molar-refractivity contribution in [2.24, 2.45) is 5.92 Å². The second-order valence-corrected chi connectivity index (χ2v) is 6.47. The zero-order valence-electron chi connectivity index (χ0n) is 13.4. The maximum Gasteiger partial charge on any atom is 0.303 e. The Morgan fingerprint density at radius 1 is 1.43 bits per heavy atom. The van der Waals surface area contributed by atoms with Crippen LogP contribution in [0, 0.1) is 19.8 Å². The molecule has 1 fully saturated rings. The van der Waals surface area contributed by atoms with Crippen LogP contribution in [0.15, 0.2) is 18.2 Å². The minimum atomic E-state index is -0.672. The Bertz CT molecular complexity index is 498. The quantitative estimate of drug-likeness (QED) is 0.892. The molecule has 1 aliphatic rings. The third kappa shape index (κ3) is 4.31. The van der Waals surface area contributed by atoms with E-state index in [-0.39, 0.29) is 0 Å². The minimum absolute atomic E-state index is 0.302. The molecule has 2 atom stereocenters. The predicted molar refractivity (Wildman–Crippen MR) is 85.5 cm³/mol. The number of carboxylic acid groups (broad SMARTS) is 1. The average Bonchev–Trinajstić information content (AvgIpc) is 2.47. The van der Waals surface area contributed by atoms with Gasteiger partial charge < -0.3 is 5.11 Å². The summed E-state index contributed by atoms with van der Waals surface area (Å²) in [4.78, 5) is 13.3. The lowest BCUT2D eigenvalue weighted by atomic mass is 9.90. The first-order valence-electron chi connectivity index (χ1n) is 8.00. The number of rotatable bonds is 5. The number of carboxylic acids is 1. The van der Waals surface area contributed by atoms with Crippen LogP contribution in [0.4, 0.5) is 0 Å². The molecule has 1 aliphatic heterocycles. The molecule has 0 amide bonds. The maximum absolute atomic E-state index is 10.7. The van der Waals surface area contributed by atoms with Crippen LogP contribution in [-0.4, -0.2) is 29.1 Å². The first-order valence-corrected chi connectivity index (χ1v) is 8.00. The largest absolute Gasteiger partial charge is 0.481 e. The van der Waals surface area contributed by atoms with Gasteiger partial charge in [0.1, 0.15) is 0 Å². The number of hydrogen-bond donors (Lipinski definition) is 1. The molecular formula is C18H27NO2. The van der Waals surface area contributed by atoms with Crippen LogP contribution in [0.1, 0.15) is 55.3 Å². The van der Waals surface area contributed by atoms with E-state index in [9.17, 15) is 4.79 Å². The number of benzene rings is 1. The molecule has 2 unspecified atom stereocenters. The first kappa shape index (κ1) is 16.0. The Balaban J connectivity index is 2.03. The van der Waals surface area contributed by atoms with Crippen LogP contribution in [0.2, 0.25) is 0 Å². The number of aliphatic carboxylic acids is 1. The van der Waals surface area contributed by atoms with Gasteiger partial charge in [-0.3, -0.25) is 9.69 Å². The zero-order chi connectivity index (χ0) is 15.4. The van der Waals surface area contributed by atoms with Crippen LogP contribution < -0.4 is 0 Å².